The lowest BCUT2D eigenvalue weighted by atomic mass is 10.1. The predicted octanol–water partition coefficient (Wildman–Crippen LogP) is 4.21. The fourth-order valence-corrected chi connectivity index (χ4v) is 3.09. The number of carbonyl (C=O) groups is 1. The van der Waals surface area contributed by atoms with Crippen molar-refractivity contribution in [1.82, 2.24) is 4.98 Å². The maximum Gasteiger partial charge on any atom is 0.349 e. The lowest BCUT2D eigenvalue weighted by Crippen LogP contribution is -2.06. The molecule has 24 heavy (non-hydrogen) atoms. The molecule has 0 radical (unpaired) electrons. The van der Waals surface area contributed by atoms with Gasteiger partial charge in [0.1, 0.15) is 22.2 Å². The monoisotopic (exact) mass is 348 g/mol. The van der Waals surface area contributed by atoms with Crippen molar-refractivity contribution in [2.45, 2.75) is 27.3 Å². The lowest BCUT2D eigenvalue weighted by Gasteiger charge is -2.12. The van der Waals surface area contributed by atoms with Gasteiger partial charge in [0.2, 0.25) is 0 Å². The number of rotatable bonds is 7. The number of nitrogens with zero attached hydrogens (tertiary/aromatic N) is 2. The van der Waals surface area contributed by atoms with Crippen molar-refractivity contribution in [1.29, 1.82) is 0 Å². The van der Waals surface area contributed by atoms with Crippen molar-refractivity contribution in [2.75, 3.05) is 13.7 Å². The Morgan fingerprint density at radius 2 is 2.12 bits per heavy atom. The molecule has 2 rings (SSSR count). The first-order valence-electron chi connectivity index (χ1n) is 7.57. The van der Waals surface area contributed by atoms with Gasteiger partial charge in [0.15, 0.2) is 0 Å². The highest BCUT2D eigenvalue weighted by atomic mass is 32.1. The Morgan fingerprint density at radius 3 is 2.75 bits per heavy atom. The van der Waals surface area contributed by atoms with Crippen LogP contribution in [-0.4, -0.2) is 24.7 Å². The number of aromatic nitrogens is 1. The quantitative estimate of drug-likeness (QED) is 0.553. The highest BCUT2D eigenvalue weighted by Crippen LogP contribution is 2.32. The zero-order valence-corrected chi connectivity index (χ0v) is 15.0. The molecule has 0 aliphatic heterocycles. The van der Waals surface area contributed by atoms with E-state index in [1.165, 1.54) is 18.4 Å². The normalized spacial score (nSPS) is 10.7. The number of carbonyl (C=O) groups excluding carboxylic acids is 1. The Bertz CT molecular complexity index is 740. The molecule has 1 aromatic carbocycles. The SMILES string of the molecule is COC(=O)c1sc(-c2ccc(OCC(C)C)c(CN=O)c2)nc1C. The van der Waals surface area contributed by atoms with Crippen molar-refractivity contribution >= 4 is 17.3 Å². The summed E-state index contributed by atoms with van der Waals surface area (Å²) in [6.07, 6.45) is 0. The van der Waals surface area contributed by atoms with Crippen LogP contribution in [0, 0.1) is 17.7 Å². The average Bonchev–Trinajstić information content (AvgIpc) is 2.95. The van der Waals surface area contributed by atoms with E-state index in [1.54, 1.807) is 6.92 Å². The van der Waals surface area contributed by atoms with Gasteiger partial charge in [0.05, 0.1) is 19.4 Å². The fraction of sp³-hybridized carbons (Fsp3) is 0.412. The van der Waals surface area contributed by atoms with Crippen molar-refractivity contribution in [3.8, 4) is 16.3 Å². The lowest BCUT2D eigenvalue weighted by molar-refractivity contribution is 0.0605. The summed E-state index contributed by atoms with van der Waals surface area (Å²) in [5.41, 5.74) is 2.14. The number of methoxy groups -OCH3 is 1. The summed E-state index contributed by atoms with van der Waals surface area (Å²) in [4.78, 5) is 27.3. The molecule has 0 aliphatic rings. The van der Waals surface area contributed by atoms with Gasteiger partial charge in [-0.1, -0.05) is 19.0 Å². The number of nitroso groups, excluding NO2 is 1. The van der Waals surface area contributed by atoms with Crippen LogP contribution in [0.25, 0.3) is 10.6 Å². The van der Waals surface area contributed by atoms with Crippen LogP contribution in [0.4, 0.5) is 0 Å². The van der Waals surface area contributed by atoms with Gasteiger partial charge in [-0.2, -0.15) is 4.91 Å². The van der Waals surface area contributed by atoms with E-state index >= 15 is 0 Å². The number of thiazole rings is 1. The van der Waals surface area contributed by atoms with Crippen LogP contribution in [0.3, 0.4) is 0 Å². The molecule has 7 heteroatoms. The topological polar surface area (TPSA) is 77.9 Å². The fourth-order valence-electron chi connectivity index (χ4n) is 2.10. The summed E-state index contributed by atoms with van der Waals surface area (Å²) in [5, 5.41) is 3.66. The van der Waals surface area contributed by atoms with E-state index in [2.05, 4.69) is 24.0 Å². The minimum absolute atomic E-state index is 0.0233. The largest absolute Gasteiger partial charge is 0.493 e. The second kappa shape index (κ2) is 8.01. The molecule has 2 aromatic rings. The van der Waals surface area contributed by atoms with Crippen LogP contribution in [0.2, 0.25) is 0 Å². The zero-order chi connectivity index (χ0) is 17.7. The molecule has 0 bridgehead atoms. The van der Waals surface area contributed by atoms with Crippen molar-refractivity contribution in [3.05, 3.63) is 39.2 Å². The number of benzene rings is 1. The molecule has 0 unspecified atom stereocenters. The van der Waals surface area contributed by atoms with E-state index in [4.69, 9.17) is 9.47 Å². The molecule has 0 saturated heterocycles. The van der Waals surface area contributed by atoms with Crippen LogP contribution in [-0.2, 0) is 11.3 Å². The Balaban J connectivity index is 2.35. The average molecular weight is 348 g/mol. The molecule has 1 heterocycles. The van der Waals surface area contributed by atoms with Crippen LogP contribution < -0.4 is 4.74 Å². The maximum atomic E-state index is 11.7. The second-order valence-corrected chi connectivity index (χ2v) is 6.74. The van der Waals surface area contributed by atoms with Crippen molar-refractivity contribution in [3.63, 3.8) is 0 Å². The molecule has 0 spiro atoms. The Hall–Kier alpha value is -2.28. The molecule has 6 nitrogen and oxygen atoms in total. The summed E-state index contributed by atoms with van der Waals surface area (Å²) >= 11 is 1.26. The third-order valence-electron chi connectivity index (χ3n) is 3.28. The van der Waals surface area contributed by atoms with E-state index in [-0.39, 0.29) is 6.54 Å². The Labute approximate surface area is 144 Å². The first-order chi connectivity index (χ1) is 11.5. The molecule has 0 N–H and O–H groups in total. The Kier molecular flexibility index (Phi) is 6.03. The highest BCUT2D eigenvalue weighted by molar-refractivity contribution is 7.17. The third kappa shape index (κ3) is 4.17. The first-order valence-corrected chi connectivity index (χ1v) is 8.38. The van der Waals surface area contributed by atoms with Gasteiger partial charge in [-0.3, -0.25) is 0 Å². The van der Waals surface area contributed by atoms with E-state index in [1.807, 2.05) is 18.2 Å². The summed E-state index contributed by atoms with van der Waals surface area (Å²) in [6.45, 7) is 6.46. The minimum atomic E-state index is -0.400. The standard InChI is InChI=1S/C17H20N2O4S/c1-10(2)9-23-14-6-5-12(7-13(14)8-18-21)16-19-11(3)15(24-16)17(20)22-4/h5-7,10H,8-9H2,1-4H3. The molecular weight excluding hydrogens is 328 g/mol. The van der Waals surface area contributed by atoms with Gasteiger partial charge in [0.25, 0.3) is 0 Å². The van der Waals surface area contributed by atoms with Gasteiger partial charge in [0, 0.05) is 11.1 Å². The number of esters is 1. The van der Waals surface area contributed by atoms with Crippen molar-refractivity contribution in [2.24, 2.45) is 11.1 Å². The molecule has 1 aromatic heterocycles. The summed E-state index contributed by atoms with van der Waals surface area (Å²) in [5.74, 6) is 0.627. The van der Waals surface area contributed by atoms with Crippen molar-refractivity contribution < 1.29 is 14.3 Å². The number of hydrogen-bond donors (Lipinski definition) is 0. The molecule has 0 fully saturated rings. The van der Waals surface area contributed by atoms with Gasteiger partial charge in [-0.05, 0) is 31.0 Å². The van der Waals surface area contributed by atoms with Crippen LogP contribution in [0.1, 0.15) is 34.8 Å². The molecule has 128 valence electrons. The summed E-state index contributed by atoms with van der Waals surface area (Å²) in [7, 11) is 1.34. The van der Waals surface area contributed by atoms with E-state index in [0.29, 0.717) is 39.4 Å². The molecule has 0 amide bonds. The molecule has 0 aliphatic carbocycles. The zero-order valence-electron chi connectivity index (χ0n) is 14.2. The van der Waals surface area contributed by atoms with E-state index in [9.17, 15) is 9.70 Å². The van der Waals surface area contributed by atoms with Crippen LogP contribution in [0.5, 0.6) is 5.75 Å². The minimum Gasteiger partial charge on any atom is -0.493 e. The van der Waals surface area contributed by atoms with E-state index < -0.39 is 5.97 Å². The van der Waals surface area contributed by atoms with Gasteiger partial charge < -0.3 is 9.47 Å². The number of hydrogen-bond acceptors (Lipinski definition) is 7. The van der Waals surface area contributed by atoms with Crippen LogP contribution in [0.15, 0.2) is 23.4 Å². The van der Waals surface area contributed by atoms with Gasteiger partial charge in [-0.25, -0.2) is 9.78 Å². The summed E-state index contributed by atoms with van der Waals surface area (Å²) < 4.78 is 10.5. The second-order valence-electron chi connectivity index (χ2n) is 5.74. The first kappa shape index (κ1) is 18.1. The number of ether oxygens (including phenoxy) is 2. The Morgan fingerprint density at radius 1 is 1.38 bits per heavy atom. The van der Waals surface area contributed by atoms with Gasteiger partial charge in [-0.15, -0.1) is 11.3 Å². The van der Waals surface area contributed by atoms with Gasteiger partial charge >= 0.3 is 5.97 Å². The smallest absolute Gasteiger partial charge is 0.349 e. The maximum absolute atomic E-state index is 11.7. The number of aryl methyl sites for hydroxylation is 1. The highest BCUT2D eigenvalue weighted by Gasteiger charge is 2.17. The third-order valence-corrected chi connectivity index (χ3v) is 4.47. The van der Waals surface area contributed by atoms with Crippen LogP contribution >= 0.6 is 11.3 Å². The molecule has 0 atom stereocenters. The predicted molar refractivity (Wildman–Crippen MR) is 93.5 cm³/mol. The molecule has 0 saturated carbocycles. The van der Waals surface area contributed by atoms with E-state index in [0.717, 1.165) is 5.56 Å². The summed E-state index contributed by atoms with van der Waals surface area (Å²) in [6, 6.07) is 5.51. The molecular formula is C17H20N2O4S.